The molecule has 7 nitrogen and oxygen atoms in total. The van der Waals surface area contributed by atoms with Gasteiger partial charge in [-0.2, -0.15) is 0 Å². The summed E-state index contributed by atoms with van der Waals surface area (Å²) in [6, 6.07) is 9.65. The van der Waals surface area contributed by atoms with Gasteiger partial charge in [0.15, 0.2) is 5.78 Å². The van der Waals surface area contributed by atoms with Crippen molar-refractivity contribution < 1.29 is 24.6 Å². The second kappa shape index (κ2) is 8.88. The number of anilines is 1. The van der Waals surface area contributed by atoms with Gasteiger partial charge in [0.05, 0.1) is 21.9 Å². The number of carbonyl (C=O) groups excluding carboxylic acids is 2. The van der Waals surface area contributed by atoms with Crippen molar-refractivity contribution in [2.45, 2.75) is 5.54 Å². The first-order valence-electron chi connectivity index (χ1n) is 9.17. The van der Waals surface area contributed by atoms with E-state index in [4.69, 9.17) is 28.3 Å². The van der Waals surface area contributed by atoms with Crippen molar-refractivity contribution in [2.75, 3.05) is 26.0 Å². The van der Waals surface area contributed by atoms with Gasteiger partial charge in [-0.3, -0.25) is 19.3 Å². The molecule has 1 amide bonds. The van der Waals surface area contributed by atoms with Crippen LogP contribution in [-0.2, 0) is 15.1 Å². The molecule has 3 N–H and O–H groups in total. The Morgan fingerprint density at radius 1 is 1.16 bits per heavy atom. The quantitative estimate of drug-likeness (QED) is 0.524. The molecule has 0 saturated carbocycles. The van der Waals surface area contributed by atoms with Crippen LogP contribution in [0.3, 0.4) is 0 Å². The number of benzene rings is 2. The summed E-state index contributed by atoms with van der Waals surface area (Å²) in [5.41, 5.74) is -0.100. The number of ketones is 1. The maximum atomic E-state index is 13.6. The first kappa shape index (κ1) is 23.7. The number of Topliss-reactive ketones (excluding diaryl/α,β-unsaturated/α-hetero) is 1. The van der Waals surface area contributed by atoms with Gasteiger partial charge in [-0.15, -0.1) is 0 Å². The molecule has 2 aliphatic rings. The molecular formula is C21H19BrCl2N2O5. The number of amides is 1. The average molecular weight is 530 g/mol. The van der Waals surface area contributed by atoms with E-state index >= 15 is 0 Å². The highest BCUT2D eigenvalue weighted by atomic mass is 79.9. The molecule has 2 aliphatic heterocycles. The second-order valence-electron chi connectivity index (χ2n) is 7.21. The normalized spacial score (nSPS) is 24.4. The molecule has 0 radical (unpaired) electrons. The maximum absolute atomic E-state index is 13.6. The van der Waals surface area contributed by atoms with Gasteiger partial charge in [0.25, 0.3) is 0 Å². The topological polar surface area (TPSA) is 107 Å². The lowest BCUT2D eigenvalue weighted by atomic mass is 9.72. The fourth-order valence-corrected chi connectivity index (χ4v) is 5.12. The number of nitrogens with zero attached hydrogens (tertiary/aromatic N) is 1. The Kier molecular flexibility index (Phi) is 6.78. The van der Waals surface area contributed by atoms with Crippen LogP contribution < -0.4 is 5.32 Å². The first-order chi connectivity index (χ1) is 14.7. The monoisotopic (exact) mass is 528 g/mol. The number of aliphatic hydroxyl groups is 1. The minimum Gasteiger partial charge on any atom is -0.481 e. The van der Waals surface area contributed by atoms with Gasteiger partial charge < -0.3 is 15.5 Å². The van der Waals surface area contributed by atoms with Gasteiger partial charge in [-0.05, 0) is 43.4 Å². The molecule has 1 spiro atoms. The standard InChI is InChI=1S/C20H15BrCl2N2O4.CH4O/c1-25-8-11(18(27)28)16(17(26)9-2-4-13(22)14(23)6-9)20(25)12-7-10(21)3-5-15(12)24-19(20)29;1-2/h2-7,11,16H,8H2,1H3,(H,24,29)(H,27,28);2H,1H3/t11-,16-,20+;/m0./s1. The van der Waals surface area contributed by atoms with E-state index in [1.807, 2.05) is 0 Å². The summed E-state index contributed by atoms with van der Waals surface area (Å²) in [6.45, 7) is 0.0481. The lowest BCUT2D eigenvalue weighted by Crippen LogP contribution is -2.51. The van der Waals surface area contributed by atoms with Crippen molar-refractivity contribution in [1.29, 1.82) is 0 Å². The summed E-state index contributed by atoms with van der Waals surface area (Å²) in [6.07, 6.45) is 0. The van der Waals surface area contributed by atoms with E-state index in [9.17, 15) is 19.5 Å². The highest BCUT2D eigenvalue weighted by Gasteiger charge is 2.65. The van der Waals surface area contributed by atoms with Gasteiger partial charge in [0.2, 0.25) is 5.91 Å². The minimum absolute atomic E-state index is 0.0481. The van der Waals surface area contributed by atoms with Crippen LogP contribution in [0, 0.1) is 11.8 Å². The van der Waals surface area contributed by atoms with Gasteiger partial charge >= 0.3 is 5.97 Å². The summed E-state index contributed by atoms with van der Waals surface area (Å²) in [4.78, 5) is 40.6. The van der Waals surface area contributed by atoms with E-state index in [1.165, 1.54) is 18.2 Å². The molecule has 31 heavy (non-hydrogen) atoms. The molecule has 2 aromatic rings. The van der Waals surface area contributed by atoms with Gasteiger partial charge in [0, 0.05) is 34.9 Å². The maximum Gasteiger partial charge on any atom is 0.308 e. The van der Waals surface area contributed by atoms with Gasteiger partial charge in [-0.1, -0.05) is 39.1 Å². The summed E-state index contributed by atoms with van der Waals surface area (Å²) in [7, 11) is 2.66. The molecular weight excluding hydrogens is 511 g/mol. The summed E-state index contributed by atoms with van der Waals surface area (Å²) >= 11 is 15.4. The van der Waals surface area contributed by atoms with Gasteiger partial charge in [0.1, 0.15) is 5.54 Å². The van der Waals surface area contributed by atoms with Crippen molar-refractivity contribution in [2.24, 2.45) is 11.8 Å². The fourth-order valence-electron chi connectivity index (χ4n) is 4.46. The zero-order chi connectivity index (χ0) is 23.1. The third-order valence-electron chi connectivity index (χ3n) is 5.72. The highest BCUT2D eigenvalue weighted by molar-refractivity contribution is 9.10. The number of aliphatic carboxylic acids is 1. The number of aliphatic hydroxyl groups excluding tert-OH is 1. The van der Waals surface area contributed by atoms with Crippen molar-refractivity contribution in [3.8, 4) is 0 Å². The van der Waals surface area contributed by atoms with Crippen LogP contribution in [0.5, 0.6) is 0 Å². The number of hydrogen-bond acceptors (Lipinski definition) is 5. The molecule has 0 bridgehead atoms. The molecule has 2 heterocycles. The smallest absolute Gasteiger partial charge is 0.308 e. The average Bonchev–Trinajstić information content (AvgIpc) is 3.21. The Morgan fingerprint density at radius 2 is 1.84 bits per heavy atom. The van der Waals surface area contributed by atoms with E-state index in [2.05, 4.69) is 21.2 Å². The Hall–Kier alpha value is -1.97. The van der Waals surface area contributed by atoms with E-state index in [0.717, 1.165) is 11.6 Å². The molecule has 4 rings (SSSR count). The van der Waals surface area contributed by atoms with Gasteiger partial charge in [-0.25, -0.2) is 0 Å². The molecule has 2 aromatic carbocycles. The number of halogens is 3. The predicted molar refractivity (Wildman–Crippen MR) is 121 cm³/mol. The molecule has 164 valence electrons. The number of hydrogen-bond donors (Lipinski definition) is 3. The lowest BCUT2D eigenvalue weighted by molar-refractivity contribution is -0.142. The third-order valence-corrected chi connectivity index (χ3v) is 6.95. The Morgan fingerprint density at radius 3 is 2.45 bits per heavy atom. The molecule has 10 heteroatoms. The van der Waals surface area contributed by atoms with E-state index < -0.39 is 35.0 Å². The Labute approximate surface area is 197 Å². The fraction of sp³-hybridized carbons (Fsp3) is 0.286. The van der Waals surface area contributed by atoms with Crippen LogP contribution in [0.1, 0.15) is 15.9 Å². The van der Waals surface area contributed by atoms with Crippen LogP contribution in [0.2, 0.25) is 10.0 Å². The molecule has 0 unspecified atom stereocenters. The van der Waals surface area contributed by atoms with Crippen molar-refractivity contribution >= 4 is 62.5 Å². The summed E-state index contributed by atoms with van der Waals surface area (Å²) in [5.74, 6) is -4.24. The van der Waals surface area contributed by atoms with E-state index in [-0.39, 0.29) is 22.2 Å². The molecule has 1 fully saturated rings. The van der Waals surface area contributed by atoms with Crippen LogP contribution >= 0.6 is 39.1 Å². The molecule has 1 saturated heterocycles. The highest BCUT2D eigenvalue weighted by Crippen LogP contribution is 2.53. The number of rotatable bonds is 3. The zero-order valence-electron chi connectivity index (χ0n) is 16.5. The Bertz CT molecular complexity index is 1080. The Balaban J connectivity index is 0.00000132. The van der Waals surface area contributed by atoms with Crippen LogP contribution in [0.4, 0.5) is 5.69 Å². The second-order valence-corrected chi connectivity index (χ2v) is 8.94. The zero-order valence-corrected chi connectivity index (χ0v) is 19.6. The van der Waals surface area contributed by atoms with E-state index in [1.54, 1.807) is 30.1 Å². The van der Waals surface area contributed by atoms with Crippen LogP contribution in [0.25, 0.3) is 0 Å². The van der Waals surface area contributed by atoms with Crippen molar-refractivity contribution in [1.82, 2.24) is 4.90 Å². The number of likely N-dealkylation sites (N-methyl/N-ethyl adjacent to an activating group) is 1. The predicted octanol–water partition coefficient (Wildman–Crippen LogP) is 3.66. The SMILES string of the molecule is CN1C[C@H](C(=O)O)[C@@H](C(=O)c2ccc(Cl)c(Cl)c2)[C@]12C(=O)Nc1ccc(Br)cc12.CO. The van der Waals surface area contributed by atoms with Crippen molar-refractivity contribution in [3.05, 3.63) is 62.0 Å². The number of fused-ring (bicyclic) bond motifs is 2. The van der Waals surface area contributed by atoms with Crippen molar-refractivity contribution in [3.63, 3.8) is 0 Å². The first-order valence-corrected chi connectivity index (χ1v) is 10.7. The summed E-state index contributed by atoms with van der Waals surface area (Å²) < 4.78 is 0.722. The number of likely N-dealkylation sites (tertiary alicyclic amines) is 1. The largest absolute Gasteiger partial charge is 0.481 e. The molecule has 0 aromatic heterocycles. The lowest BCUT2D eigenvalue weighted by Gasteiger charge is -2.35. The number of carboxylic acid groups (broad SMARTS) is 1. The van der Waals surface area contributed by atoms with Crippen LogP contribution in [-0.4, -0.2) is 53.5 Å². The summed E-state index contributed by atoms with van der Waals surface area (Å²) in [5, 5.41) is 20.1. The molecule has 0 aliphatic carbocycles. The molecule has 3 atom stereocenters. The number of carboxylic acids is 1. The number of carbonyl (C=O) groups is 3. The number of nitrogens with one attached hydrogen (secondary N) is 1. The van der Waals surface area contributed by atoms with E-state index in [0.29, 0.717) is 11.3 Å². The van der Waals surface area contributed by atoms with Crippen LogP contribution in [0.15, 0.2) is 40.9 Å². The minimum atomic E-state index is -1.44. The third kappa shape index (κ3) is 3.66.